The van der Waals surface area contributed by atoms with Gasteiger partial charge in [-0.3, -0.25) is 0 Å². The Balaban J connectivity index is 1.80. The third-order valence-electron chi connectivity index (χ3n) is 4.09. The van der Waals surface area contributed by atoms with Crippen molar-refractivity contribution in [2.75, 3.05) is 12.4 Å². The third kappa shape index (κ3) is 4.90. The minimum absolute atomic E-state index is 0.124. The quantitative estimate of drug-likeness (QED) is 0.652. The molecule has 0 aliphatic carbocycles. The molecule has 27 heavy (non-hydrogen) atoms. The van der Waals surface area contributed by atoms with Crippen LogP contribution in [0.3, 0.4) is 0 Å². The van der Waals surface area contributed by atoms with Gasteiger partial charge in [-0.05, 0) is 6.92 Å². The van der Waals surface area contributed by atoms with E-state index in [1.807, 2.05) is 24.3 Å². The van der Waals surface area contributed by atoms with Gasteiger partial charge in [-0.1, -0.05) is 51.1 Å². The zero-order valence-electron chi connectivity index (χ0n) is 16.5. The van der Waals surface area contributed by atoms with Crippen LogP contribution in [0.2, 0.25) is 0 Å². The first-order chi connectivity index (χ1) is 12.9. The average Bonchev–Trinajstić information content (AvgIpc) is 3.01. The average molecular weight is 383 g/mol. The van der Waals surface area contributed by atoms with Gasteiger partial charge in [-0.2, -0.15) is 0 Å². The molecule has 6 heteroatoms. The van der Waals surface area contributed by atoms with Crippen LogP contribution >= 0.6 is 11.3 Å². The van der Waals surface area contributed by atoms with E-state index in [0.717, 1.165) is 33.6 Å². The number of nitrogens with one attached hydrogen (secondary N) is 1. The van der Waals surface area contributed by atoms with Crippen LogP contribution in [0.1, 0.15) is 42.9 Å². The Morgan fingerprint density at radius 3 is 2.48 bits per heavy atom. The summed E-state index contributed by atoms with van der Waals surface area (Å²) in [5, 5.41) is 4.49. The summed E-state index contributed by atoms with van der Waals surface area (Å²) >= 11 is 1.71. The van der Waals surface area contributed by atoms with Gasteiger partial charge in [-0.15, -0.1) is 11.3 Å². The molecule has 0 unspecified atom stereocenters. The summed E-state index contributed by atoms with van der Waals surface area (Å²) in [6, 6.07) is 12.2. The highest BCUT2D eigenvalue weighted by molar-refractivity contribution is 7.15. The van der Waals surface area contributed by atoms with Crippen LogP contribution in [-0.4, -0.2) is 22.1 Å². The van der Waals surface area contributed by atoms with Gasteiger partial charge in [0.2, 0.25) is 0 Å². The molecule has 1 aromatic carbocycles. The predicted octanol–water partition coefficient (Wildman–Crippen LogP) is 4.96. The monoisotopic (exact) mass is 382 g/mol. The summed E-state index contributed by atoms with van der Waals surface area (Å²) < 4.78 is 5.26. The highest BCUT2D eigenvalue weighted by Crippen LogP contribution is 2.28. The molecule has 0 bridgehead atoms. The van der Waals surface area contributed by atoms with Crippen molar-refractivity contribution in [1.82, 2.24) is 15.0 Å². The number of benzene rings is 1. The minimum atomic E-state index is -0.124. The van der Waals surface area contributed by atoms with E-state index in [1.54, 1.807) is 18.4 Å². The molecule has 2 aromatic heterocycles. The molecular formula is C21H26N4OS. The van der Waals surface area contributed by atoms with Crippen molar-refractivity contribution in [3.63, 3.8) is 0 Å². The van der Waals surface area contributed by atoms with Gasteiger partial charge in [0.05, 0.1) is 24.5 Å². The number of aromatic nitrogens is 3. The van der Waals surface area contributed by atoms with Crippen LogP contribution in [0.25, 0.3) is 10.6 Å². The Kier molecular flexibility index (Phi) is 5.87. The maximum atomic E-state index is 5.26. The largest absolute Gasteiger partial charge is 0.378 e. The predicted molar refractivity (Wildman–Crippen MR) is 111 cm³/mol. The van der Waals surface area contributed by atoms with Crippen LogP contribution in [0.15, 0.2) is 36.4 Å². The van der Waals surface area contributed by atoms with Crippen molar-refractivity contribution < 1.29 is 4.74 Å². The molecule has 0 saturated carbocycles. The number of ether oxygens (including phenoxy) is 1. The van der Waals surface area contributed by atoms with Crippen LogP contribution in [0.4, 0.5) is 5.82 Å². The number of aryl methyl sites for hydroxylation is 1. The molecule has 0 fully saturated rings. The van der Waals surface area contributed by atoms with Crippen molar-refractivity contribution >= 4 is 17.2 Å². The van der Waals surface area contributed by atoms with Crippen molar-refractivity contribution in [1.29, 1.82) is 0 Å². The number of hydrogen-bond donors (Lipinski definition) is 1. The first-order valence-corrected chi connectivity index (χ1v) is 9.81. The lowest BCUT2D eigenvalue weighted by Crippen LogP contribution is -2.18. The molecule has 3 aromatic rings. The Bertz CT molecular complexity index is 900. The molecule has 0 aliphatic heterocycles. The molecule has 1 N–H and O–H groups in total. The second kappa shape index (κ2) is 8.15. The van der Waals surface area contributed by atoms with Gasteiger partial charge in [0.1, 0.15) is 16.6 Å². The molecule has 0 radical (unpaired) electrons. The molecule has 142 valence electrons. The van der Waals surface area contributed by atoms with E-state index in [1.165, 1.54) is 4.88 Å². The molecule has 0 amide bonds. The Morgan fingerprint density at radius 2 is 1.81 bits per heavy atom. The van der Waals surface area contributed by atoms with Gasteiger partial charge in [0, 0.05) is 29.0 Å². The molecule has 0 spiro atoms. The first-order valence-electron chi connectivity index (χ1n) is 9.00. The van der Waals surface area contributed by atoms with E-state index in [2.05, 4.69) is 50.1 Å². The lowest BCUT2D eigenvalue weighted by Gasteiger charge is -2.19. The fraction of sp³-hybridized carbons (Fsp3) is 0.381. The normalized spacial score (nSPS) is 11.6. The summed E-state index contributed by atoms with van der Waals surface area (Å²) in [4.78, 5) is 15.3. The van der Waals surface area contributed by atoms with E-state index < -0.39 is 0 Å². The fourth-order valence-electron chi connectivity index (χ4n) is 2.61. The number of nitrogens with zero attached hydrogens (tertiary/aromatic N) is 3. The van der Waals surface area contributed by atoms with E-state index in [-0.39, 0.29) is 5.41 Å². The van der Waals surface area contributed by atoms with Crippen LogP contribution < -0.4 is 5.32 Å². The lowest BCUT2D eigenvalue weighted by atomic mass is 9.95. The fourth-order valence-corrected chi connectivity index (χ4v) is 3.62. The standard InChI is InChI=1S/C21H26N4OS/c1-14-17(27-19(23-14)15-9-7-6-8-10-15)12-22-18-11-16(13-26-5)24-20(25-18)21(2,3)4/h6-11H,12-13H2,1-5H3,(H,22,24,25). The van der Waals surface area contributed by atoms with Crippen molar-refractivity contribution in [2.45, 2.75) is 46.3 Å². The van der Waals surface area contributed by atoms with Gasteiger partial charge in [0.15, 0.2) is 0 Å². The Labute approximate surface area is 164 Å². The lowest BCUT2D eigenvalue weighted by molar-refractivity contribution is 0.181. The van der Waals surface area contributed by atoms with Crippen LogP contribution in [-0.2, 0) is 23.3 Å². The van der Waals surface area contributed by atoms with Gasteiger partial charge in [-0.25, -0.2) is 15.0 Å². The number of rotatable bonds is 6. The first kappa shape index (κ1) is 19.5. The number of methoxy groups -OCH3 is 1. The zero-order valence-corrected chi connectivity index (χ0v) is 17.4. The van der Waals surface area contributed by atoms with E-state index >= 15 is 0 Å². The van der Waals surface area contributed by atoms with Gasteiger partial charge in [0.25, 0.3) is 0 Å². The van der Waals surface area contributed by atoms with E-state index in [0.29, 0.717) is 13.2 Å². The Morgan fingerprint density at radius 1 is 1.07 bits per heavy atom. The molecule has 3 rings (SSSR count). The third-order valence-corrected chi connectivity index (χ3v) is 5.29. The minimum Gasteiger partial charge on any atom is -0.378 e. The van der Waals surface area contributed by atoms with Crippen LogP contribution in [0, 0.1) is 6.92 Å². The molecular weight excluding hydrogens is 356 g/mol. The van der Waals surface area contributed by atoms with Crippen LogP contribution in [0.5, 0.6) is 0 Å². The van der Waals surface area contributed by atoms with Crippen molar-refractivity contribution in [2.24, 2.45) is 0 Å². The number of anilines is 1. The van der Waals surface area contributed by atoms with Crippen molar-refractivity contribution in [3.8, 4) is 10.6 Å². The molecule has 2 heterocycles. The van der Waals surface area contributed by atoms with Gasteiger partial charge < -0.3 is 10.1 Å². The molecule has 0 aliphatic rings. The maximum absolute atomic E-state index is 5.26. The second-order valence-electron chi connectivity index (χ2n) is 7.50. The van der Waals surface area contributed by atoms with E-state index in [4.69, 9.17) is 14.7 Å². The highest BCUT2D eigenvalue weighted by Gasteiger charge is 2.19. The maximum Gasteiger partial charge on any atom is 0.136 e. The summed E-state index contributed by atoms with van der Waals surface area (Å²) in [7, 11) is 1.68. The Hall–Kier alpha value is -2.31. The zero-order chi connectivity index (χ0) is 19.4. The summed E-state index contributed by atoms with van der Waals surface area (Å²) in [5.74, 6) is 1.63. The van der Waals surface area contributed by atoms with Crippen molar-refractivity contribution in [3.05, 3.63) is 58.5 Å². The highest BCUT2D eigenvalue weighted by atomic mass is 32.1. The van der Waals surface area contributed by atoms with E-state index in [9.17, 15) is 0 Å². The summed E-state index contributed by atoms with van der Waals surface area (Å²) in [6.45, 7) is 9.55. The topological polar surface area (TPSA) is 59.9 Å². The smallest absolute Gasteiger partial charge is 0.136 e. The second-order valence-corrected chi connectivity index (χ2v) is 8.58. The molecule has 0 saturated heterocycles. The van der Waals surface area contributed by atoms with Gasteiger partial charge >= 0.3 is 0 Å². The molecule has 5 nitrogen and oxygen atoms in total. The number of thiazole rings is 1. The molecule has 0 atom stereocenters. The summed E-state index contributed by atoms with van der Waals surface area (Å²) in [5.41, 5.74) is 2.96. The summed E-state index contributed by atoms with van der Waals surface area (Å²) in [6.07, 6.45) is 0. The SMILES string of the molecule is COCc1cc(NCc2sc(-c3ccccc3)nc2C)nc(C(C)(C)C)n1. The number of hydrogen-bond acceptors (Lipinski definition) is 6.